The number of nitriles is 1. The van der Waals surface area contributed by atoms with Crippen molar-refractivity contribution in [2.75, 3.05) is 11.1 Å². The SMILES string of the molecule is CC1CC(Nc2cccc(C#N)c2)CS1. The summed E-state index contributed by atoms with van der Waals surface area (Å²) in [6.45, 7) is 2.26. The van der Waals surface area contributed by atoms with E-state index in [1.165, 1.54) is 6.42 Å². The van der Waals surface area contributed by atoms with Crippen LogP contribution in [0.15, 0.2) is 24.3 Å². The zero-order chi connectivity index (χ0) is 10.7. The summed E-state index contributed by atoms with van der Waals surface area (Å²) in [5.41, 5.74) is 1.78. The van der Waals surface area contributed by atoms with Crippen molar-refractivity contribution in [1.29, 1.82) is 5.26 Å². The molecule has 0 aliphatic carbocycles. The standard InChI is InChI=1S/C12H14N2S/c1-9-5-12(8-15-9)14-11-4-2-3-10(6-11)7-13/h2-4,6,9,12,14H,5,8H2,1H3. The first-order chi connectivity index (χ1) is 7.28. The van der Waals surface area contributed by atoms with Crippen molar-refractivity contribution in [1.82, 2.24) is 0 Å². The molecule has 0 bridgehead atoms. The van der Waals surface area contributed by atoms with Crippen LogP contribution in [0.2, 0.25) is 0 Å². The summed E-state index contributed by atoms with van der Waals surface area (Å²) in [6, 6.07) is 10.4. The minimum Gasteiger partial charge on any atom is -0.381 e. The Morgan fingerprint density at radius 3 is 3.07 bits per heavy atom. The molecule has 0 spiro atoms. The Bertz CT molecular complexity index is 383. The molecular weight excluding hydrogens is 204 g/mol. The third kappa shape index (κ3) is 2.66. The molecule has 2 atom stereocenters. The molecule has 1 heterocycles. The summed E-state index contributed by atoms with van der Waals surface area (Å²) < 4.78 is 0. The maximum absolute atomic E-state index is 8.78. The van der Waals surface area contributed by atoms with Crippen LogP contribution in [0.25, 0.3) is 0 Å². The fourth-order valence-electron chi connectivity index (χ4n) is 1.83. The number of hydrogen-bond donors (Lipinski definition) is 1. The minimum atomic E-state index is 0.555. The van der Waals surface area contributed by atoms with E-state index in [9.17, 15) is 0 Å². The van der Waals surface area contributed by atoms with E-state index in [1.54, 1.807) is 0 Å². The molecule has 78 valence electrons. The monoisotopic (exact) mass is 218 g/mol. The molecule has 1 saturated heterocycles. The summed E-state index contributed by atoms with van der Waals surface area (Å²) in [6.07, 6.45) is 1.21. The van der Waals surface area contributed by atoms with Gasteiger partial charge in [-0.2, -0.15) is 17.0 Å². The predicted octanol–water partition coefficient (Wildman–Crippen LogP) is 2.86. The van der Waals surface area contributed by atoms with E-state index in [2.05, 4.69) is 18.3 Å². The number of nitrogens with one attached hydrogen (secondary N) is 1. The second-order valence-corrected chi connectivity index (χ2v) is 5.38. The van der Waals surface area contributed by atoms with Gasteiger partial charge in [-0.1, -0.05) is 13.0 Å². The van der Waals surface area contributed by atoms with E-state index in [0.29, 0.717) is 6.04 Å². The van der Waals surface area contributed by atoms with Gasteiger partial charge in [-0.15, -0.1) is 0 Å². The Morgan fingerprint density at radius 1 is 1.53 bits per heavy atom. The van der Waals surface area contributed by atoms with Crippen LogP contribution >= 0.6 is 11.8 Å². The third-order valence-corrected chi connectivity index (χ3v) is 3.92. The Labute approximate surface area is 94.7 Å². The summed E-state index contributed by atoms with van der Waals surface area (Å²) in [7, 11) is 0. The minimum absolute atomic E-state index is 0.555. The number of benzene rings is 1. The lowest BCUT2D eigenvalue weighted by Gasteiger charge is -2.13. The second kappa shape index (κ2) is 4.59. The summed E-state index contributed by atoms with van der Waals surface area (Å²) >= 11 is 2.01. The molecule has 1 N–H and O–H groups in total. The summed E-state index contributed by atoms with van der Waals surface area (Å²) in [5.74, 6) is 1.16. The number of rotatable bonds is 2. The predicted molar refractivity (Wildman–Crippen MR) is 65.1 cm³/mol. The van der Waals surface area contributed by atoms with E-state index in [0.717, 1.165) is 22.3 Å². The Morgan fingerprint density at radius 2 is 2.40 bits per heavy atom. The van der Waals surface area contributed by atoms with Crippen molar-refractivity contribution in [2.24, 2.45) is 0 Å². The summed E-state index contributed by atoms with van der Waals surface area (Å²) in [5, 5.41) is 13.0. The molecule has 1 aliphatic heterocycles. The first kappa shape index (κ1) is 10.4. The molecule has 1 fully saturated rings. The van der Waals surface area contributed by atoms with Crippen molar-refractivity contribution >= 4 is 17.4 Å². The lowest BCUT2D eigenvalue weighted by Crippen LogP contribution is -2.18. The van der Waals surface area contributed by atoms with Crippen molar-refractivity contribution in [3.63, 3.8) is 0 Å². The lowest BCUT2D eigenvalue weighted by atomic mass is 10.1. The van der Waals surface area contributed by atoms with Gasteiger partial charge in [-0.25, -0.2) is 0 Å². The third-order valence-electron chi connectivity index (χ3n) is 2.56. The van der Waals surface area contributed by atoms with Gasteiger partial charge in [0.1, 0.15) is 0 Å². The van der Waals surface area contributed by atoms with Crippen LogP contribution in [0.1, 0.15) is 18.9 Å². The van der Waals surface area contributed by atoms with Gasteiger partial charge < -0.3 is 5.32 Å². The van der Waals surface area contributed by atoms with Gasteiger partial charge in [-0.3, -0.25) is 0 Å². The number of thioether (sulfide) groups is 1. The molecule has 0 saturated carbocycles. The first-order valence-electron chi connectivity index (χ1n) is 5.16. The molecule has 2 nitrogen and oxygen atoms in total. The lowest BCUT2D eigenvalue weighted by molar-refractivity contribution is 0.747. The fraction of sp³-hybridized carbons (Fsp3) is 0.417. The Kier molecular flexibility index (Phi) is 3.17. The number of anilines is 1. The molecule has 0 radical (unpaired) electrons. The van der Waals surface area contributed by atoms with Gasteiger partial charge in [0, 0.05) is 22.7 Å². The highest BCUT2D eigenvalue weighted by Gasteiger charge is 2.21. The van der Waals surface area contributed by atoms with Crippen LogP contribution < -0.4 is 5.32 Å². The molecule has 1 aromatic carbocycles. The molecule has 1 aliphatic rings. The average Bonchev–Trinajstić information content (AvgIpc) is 2.64. The number of hydrogen-bond acceptors (Lipinski definition) is 3. The molecule has 15 heavy (non-hydrogen) atoms. The molecule has 0 amide bonds. The number of nitrogens with zero attached hydrogens (tertiary/aromatic N) is 1. The maximum atomic E-state index is 8.78. The second-order valence-electron chi connectivity index (χ2n) is 3.91. The van der Waals surface area contributed by atoms with Crippen molar-refractivity contribution in [2.45, 2.75) is 24.6 Å². The Hall–Kier alpha value is -1.14. The quantitative estimate of drug-likeness (QED) is 0.829. The van der Waals surface area contributed by atoms with Crippen LogP contribution in [0.5, 0.6) is 0 Å². The van der Waals surface area contributed by atoms with Gasteiger partial charge in [0.2, 0.25) is 0 Å². The fourth-order valence-corrected chi connectivity index (χ4v) is 2.98. The topological polar surface area (TPSA) is 35.8 Å². The highest BCUT2D eigenvalue weighted by molar-refractivity contribution is 8.00. The molecule has 1 aromatic rings. The highest BCUT2D eigenvalue weighted by Crippen LogP contribution is 2.28. The van der Waals surface area contributed by atoms with E-state index in [4.69, 9.17) is 5.26 Å². The first-order valence-corrected chi connectivity index (χ1v) is 6.21. The van der Waals surface area contributed by atoms with E-state index < -0.39 is 0 Å². The largest absolute Gasteiger partial charge is 0.381 e. The molecular formula is C12H14N2S. The van der Waals surface area contributed by atoms with Crippen LogP contribution in [0.3, 0.4) is 0 Å². The maximum Gasteiger partial charge on any atom is 0.0992 e. The van der Waals surface area contributed by atoms with Gasteiger partial charge in [0.25, 0.3) is 0 Å². The molecule has 0 aromatic heterocycles. The zero-order valence-corrected chi connectivity index (χ0v) is 9.55. The van der Waals surface area contributed by atoms with E-state index in [-0.39, 0.29) is 0 Å². The van der Waals surface area contributed by atoms with Crippen LogP contribution in [-0.4, -0.2) is 17.0 Å². The van der Waals surface area contributed by atoms with Gasteiger partial charge in [-0.05, 0) is 24.6 Å². The summed E-state index contributed by atoms with van der Waals surface area (Å²) in [4.78, 5) is 0. The van der Waals surface area contributed by atoms with Gasteiger partial charge in [0.15, 0.2) is 0 Å². The zero-order valence-electron chi connectivity index (χ0n) is 8.73. The normalized spacial score (nSPS) is 24.8. The van der Waals surface area contributed by atoms with Crippen molar-refractivity contribution in [3.05, 3.63) is 29.8 Å². The van der Waals surface area contributed by atoms with Gasteiger partial charge in [0.05, 0.1) is 11.6 Å². The Balaban J connectivity index is 2.02. The van der Waals surface area contributed by atoms with E-state index in [1.807, 2.05) is 36.0 Å². The molecule has 2 rings (SSSR count). The average molecular weight is 218 g/mol. The highest BCUT2D eigenvalue weighted by atomic mass is 32.2. The molecule has 2 unspecified atom stereocenters. The van der Waals surface area contributed by atoms with Crippen LogP contribution in [0.4, 0.5) is 5.69 Å². The van der Waals surface area contributed by atoms with Gasteiger partial charge >= 0.3 is 0 Å². The van der Waals surface area contributed by atoms with Crippen LogP contribution in [0, 0.1) is 11.3 Å². The van der Waals surface area contributed by atoms with Crippen molar-refractivity contribution in [3.8, 4) is 6.07 Å². The van der Waals surface area contributed by atoms with Crippen molar-refractivity contribution < 1.29 is 0 Å². The van der Waals surface area contributed by atoms with E-state index >= 15 is 0 Å². The molecule has 3 heteroatoms. The van der Waals surface area contributed by atoms with Crippen LogP contribution in [-0.2, 0) is 0 Å². The smallest absolute Gasteiger partial charge is 0.0992 e.